The molecule has 7 heavy (non-hydrogen) atoms. The normalized spacial score (nSPS) is 6.00. The third kappa shape index (κ3) is 2.79. The van der Waals surface area contributed by atoms with Crippen molar-refractivity contribution in [2.75, 3.05) is 0 Å². The summed E-state index contributed by atoms with van der Waals surface area (Å²) in [5.74, 6) is 0. The molecule has 0 aliphatic heterocycles. The van der Waals surface area contributed by atoms with Gasteiger partial charge >= 0.3 is 0 Å². The van der Waals surface area contributed by atoms with Gasteiger partial charge in [0.25, 0.3) is 0 Å². The Kier molecular flexibility index (Phi) is 4.25. The van der Waals surface area contributed by atoms with E-state index in [9.17, 15) is 0 Å². The lowest BCUT2D eigenvalue weighted by molar-refractivity contribution is 1.15. The highest BCUT2D eigenvalue weighted by Gasteiger charge is 1.61. The van der Waals surface area contributed by atoms with E-state index in [1.165, 1.54) is 11.5 Å². The molecule has 1 rings (SSSR count). The van der Waals surface area contributed by atoms with E-state index < -0.39 is 0 Å². The number of hydrogen-bond donors (Lipinski definition) is 0. The average molecular weight is 114 g/mol. The van der Waals surface area contributed by atoms with Gasteiger partial charge in [0.2, 0.25) is 0 Å². The molecule has 4 nitrogen and oxygen atoms in total. The summed E-state index contributed by atoms with van der Waals surface area (Å²) in [5.41, 5.74) is 0. The second-order valence-electron chi connectivity index (χ2n) is 0.588. The maximum atomic E-state index is 6.00. The molecule has 1 heterocycles. The molecule has 0 aromatic carbocycles. The zero-order chi connectivity index (χ0) is 5.54. The van der Waals surface area contributed by atoms with Gasteiger partial charge < -0.3 is 0 Å². The van der Waals surface area contributed by atoms with E-state index in [-0.39, 0.29) is 0 Å². The Labute approximate surface area is 44.4 Å². The van der Waals surface area contributed by atoms with E-state index >= 15 is 0 Å². The van der Waals surface area contributed by atoms with Crippen LogP contribution in [-0.4, -0.2) is 9.59 Å². The Bertz CT molecular complexity index is 93.3. The SMILES string of the molecule is N#N.c1csnn1. The fourth-order valence-electron chi connectivity index (χ4n) is 0.136. The van der Waals surface area contributed by atoms with E-state index in [0.717, 1.165) is 0 Å². The van der Waals surface area contributed by atoms with Crippen LogP contribution in [0.2, 0.25) is 0 Å². The van der Waals surface area contributed by atoms with Crippen LogP contribution in [-0.2, 0) is 0 Å². The molecule has 1 aromatic heterocycles. The third-order valence-electron chi connectivity index (χ3n) is 0.283. The fraction of sp³-hybridized carbons (Fsp3) is 0. The highest BCUT2D eigenvalue weighted by Crippen LogP contribution is 1.78. The van der Waals surface area contributed by atoms with Crippen molar-refractivity contribution in [1.29, 1.82) is 10.8 Å². The van der Waals surface area contributed by atoms with E-state index in [0.29, 0.717) is 0 Å². The highest BCUT2D eigenvalue weighted by atomic mass is 32.1. The summed E-state index contributed by atoms with van der Waals surface area (Å²) in [6.07, 6.45) is 1.66. The summed E-state index contributed by atoms with van der Waals surface area (Å²) in [6, 6.07) is 0. The zero-order valence-electron chi connectivity index (χ0n) is 3.35. The minimum atomic E-state index is 1.35. The average Bonchev–Trinajstić information content (AvgIpc) is 2.23. The molecule has 0 fully saturated rings. The fourth-order valence-corrected chi connectivity index (χ4v) is 0.408. The maximum Gasteiger partial charge on any atom is 0.0620 e. The van der Waals surface area contributed by atoms with Crippen LogP contribution in [0.5, 0.6) is 0 Å². The van der Waals surface area contributed by atoms with Crippen LogP contribution in [0.4, 0.5) is 0 Å². The minimum absolute atomic E-state index is 1.35. The monoisotopic (exact) mass is 114 g/mol. The largest absolute Gasteiger partial charge is 0.147 e. The molecule has 0 saturated carbocycles. The summed E-state index contributed by atoms with van der Waals surface area (Å²) in [5, 5.41) is 17.3. The van der Waals surface area contributed by atoms with Crippen LogP contribution < -0.4 is 0 Å². The molecule has 0 amide bonds. The molecule has 0 aliphatic rings. The van der Waals surface area contributed by atoms with Gasteiger partial charge in [0.15, 0.2) is 0 Å². The topological polar surface area (TPSA) is 73.4 Å². The van der Waals surface area contributed by atoms with Gasteiger partial charge in [-0.2, -0.15) is 0 Å². The van der Waals surface area contributed by atoms with Crippen molar-refractivity contribution in [3.63, 3.8) is 0 Å². The van der Waals surface area contributed by atoms with Crippen molar-refractivity contribution in [2.45, 2.75) is 0 Å². The Morgan fingerprint density at radius 2 is 2.14 bits per heavy atom. The molecular weight excluding hydrogens is 112 g/mol. The summed E-state index contributed by atoms with van der Waals surface area (Å²) < 4.78 is 3.51. The molecule has 36 valence electrons. The van der Waals surface area contributed by atoms with Crippen molar-refractivity contribution in [1.82, 2.24) is 9.59 Å². The van der Waals surface area contributed by atoms with Crippen molar-refractivity contribution >= 4 is 11.5 Å². The smallest absolute Gasteiger partial charge is 0.0620 e. The van der Waals surface area contributed by atoms with Crippen LogP contribution >= 0.6 is 11.5 Å². The standard InChI is InChI=1S/C2H2N2S.N2/c1-2-5-4-3-1;1-2/h1-2H;. The van der Waals surface area contributed by atoms with E-state index in [2.05, 4.69) is 9.59 Å². The van der Waals surface area contributed by atoms with Crippen LogP contribution in [0.15, 0.2) is 11.6 Å². The second kappa shape index (κ2) is 4.98. The lowest BCUT2D eigenvalue weighted by Gasteiger charge is -1.40. The number of nitrogens with zero attached hydrogens (tertiary/aromatic N) is 4. The van der Waals surface area contributed by atoms with Gasteiger partial charge in [0.1, 0.15) is 0 Å². The minimum Gasteiger partial charge on any atom is -0.147 e. The second-order valence-corrected chi connectivity index (χ2v) is 1.23. The van der Waals surface area contributed by atoms with Gasteiger partial charge in [0, 0.05) is 16.2 Å². The van der Waals surface area contributed by atoms with Crippen LogP contribution in [0.3, 0.4) is 0 Å². The van der Waals surface area contributed by atoms with Gasteiger partial charge in [0.05, 0.1) is 6.20 Å². The Morgan fingerprint density at radius 1 is 1.43 bits per heavy atom. The molecule has 0 N–H and O–H groups in total. The van der Waals surface area contributed by atoms with E-state index in [4.69, 9.17) is 10.8 Å². The molecule has 0 aliphatic carbocycles. The van der Waals surface area contributed by atoms with Gasteiger partial charge in [-0.15, -0.1) is 5.10 Å². The molecule has 0 atom stereocenters. The van der Waals surface area contributed by atoms with E-state index in [1.54, 1.807) is 6.20 Å². The highest BCUT2D eigenvalue weighted by molar-refractivity contribution is 7.03. The summed E-state index contributed by atoms with van der Waals surface area (Å²) >= 11 is 1.35. The first kappa shape index (κ1) is 5.98. The van der Waals surface area contributed by atoms with Crippen molar-refractivity contribution in [2.24, 2.45) is 0 Å². The van der Waals surface area contributed by atoms with Gasteiger partial charge in [-0.3, -0.25) is 0 Å². The van der Waals surface area contributed by atoms with Crippen molar-refractivity contribution in [3.8, 4) is 0 Å². The van der Waals surface area contributed by atoms with Gasteiger partial charge in [-0.05, 0) is 11.5 Å². The predicted molar refractivity (Wildman–Crippen MR) is 23.4 cm³/mol. The zero-order valence-corrected chi connectivity index (χ0v) is 4.17. The first-order valence-electron chi connectivity index (χ1n) is 1.41. The molecule has 0 bridgehead atoms. The molecular formula is C2H2N4S. The van der Waals surface area contributed by atoms with E-state index in [1.807, 2.05) is 5.38 Å². The number of rotatable bonds is 0. The summed E-state index contributed by atoms with van der Waals surface area (Å²) in [6.45, 7) is 0. The number of aromatic nitrogens is 2. The lowest BCUT2D eigenvalue weighted by atomic mass is 11.1. The van der Waals surface area contributed by atoms with Crippen LogP contribution in [0, 0.1) is 10.8 Å². The van der Waals surface area contributed by atoms with Crippen LogP contribution in [0.25, 0.3) is 0 Å². The third-order valence-corrected chi connectivity index (χ3v) is 0.715. The Balaban J connectivity index is 0.000000162. The molecule has 1 aromatic rings. The first-order chi connectivity index (χ1) is 3.50. The maximum absolute atomic E-state index is 6.00. The lowest BCUT2D eigenvalue weighted by Crippen LogP contribution is -1.51. The van der Waals surface area contributed by atoms with Gasteiger partial charge in [-0.1, -0.05) is 4.49 Å². The summed E-state index contributed by atoms with van der Waals surface area (Å²) in [4.78, 5) is 0. The Hall–Kier alpha value is -1.02. The predicted octanol–water partition coefficient (Wildman–Crippen LogP) is 0.568. The summed E-state index contributed by atoms with van der Waals surface area (Å²) in [7, 11) is 0. The van der Waals surface area contributed by atoms with Gasteiger partial charge in [-0.25, -0.2) is 0 Å². The van der Waals surface area contributed by atoms with Crippen molar-refractivity contribution < 1.29 is 0 Å². The molecule has 0 unspecified atom stereocenters. The molecule has 5 heteroatoms. The van der Waals surface area contributed by atoms with Crippen LogP contribution in [0.1, 0.15) is 0 Å². The first-order valence-corrected chi connectivity index (χ1v) is 2.25. The Morgan fingerprint density at radius 3 is 2.29 bits per heavy atom. The molecule has 0 radical (unpaired) electrons. The number of hydrogen-bond acceptors (Lipinski definition) is 5. The molecule has 0 spiro atoms. The van der Waals surface area contributed by atoms with Crippen molar-refractivity contribution in [3.05, 3.63) is 11.6 Å². The molecule has 0 saturated heterocycles. The quantitative estimate of drug-likeness (QED) is 0.462.